The summed E-state index contributed by atoms with van der Waals surface area (Å²) in [7, 11) is 0. The Morgan fingerprint density at radius 1 is 1.13 bits per heavy atom. The van der Waals surface area contributed by atoms with Crippen molar-refractivity contribution in [2.75, 3.05) is 5.32 Å². The molecule has 2 aliphatic rings. The molecule has 39 heavy (non-hydrogen) atoms. The summed E-state index contributed by atoms with van der Waals surface area (Å²) in [6.45, 7) is 1.38. The fourth-order valence-corrected chi connectivity index (χ4v) is 4.40. The number of halogens is 5. The number of allylic oxidation sites excluding steroid dienone is 1. The van der Waals surface area contributed by atoms with Crippen LogP contribution < -0.4 is 10.6 Å². The zero-order valence-electron chi connectivity index (χ0n) is 20.2. The Labute approximate surface area is 229 Å². The second-order valence-corrected chi connectivity index (χ2v) is 9.86. The molecular formula is C23H20Cl2F3N9O2. The second kappa shape index (κ2) is 10.4. The zero-order chi connectivity index (χ0) is 27.9. The van der Waals surface area contributed by atoms with Crippen LogP contribution in [0.25, 0.3) is 0 Å². The van der Waals surface area contributed by atoms with Crippen molar-refractivity contribution in [3.8, 4) is 0 Å². The Kier molecular flexibility index (Phi) is 7.16. The van der Waals surface area contributed by atoms with Gasteiger partial charge in [0.15, 0.2) is 6.17 Å². The van der Waals surface area contributed by atoms with Gasteiger partial charge in [-0.25, -0.2) is 4.68 Å². The minimum absolute atomic E-state index is 0.0142. The van der Waals surface area contributed by atoms with E-state index in [1.165, 1.54) is 16.8 Å². The Bertz CT molecular complexity index is 1510. The largest absolute Gasteiger partial charge is 0.455 e. The quantitative estimate of drug-likeness (QED) is 0.431. The molecule has 0 saturated heterocycles. The van der Waals surface area contributed by atoms with Gasteiger partial charge in [0.2, 0.25) is 0 Å². The third kappa shape index (κ3) is 5.96. The van der Waals surface area contributed by atoms with Gasteiger partial charge in [-0.3, -0.25) is 14.6 Å². The molecule has 1 aromatic carbocycles. The van der Waals surface area contributed by atoms with E-state index < -0.39 is 24.1 Å². The van der Waals surface area contributed by atoms with Crippen molar-refractivity contribution >= 4 is 46.9 Å². The van der Waals surface area contributed by atoms with Crippen molar-refractivity contribution in [3.63, 3.8) is 0 Å². The molecule has 1 saturated carbocycles. The number of aliphatic imine (C=N–C) groups is 1. The van der Waals surface area contributed by atoms with Crippen LogP contribution in [0, 0.1) is 6.92 Å². The van der Waals surface area contributed by atoms with Crippen LogP contribution in [0.5, 0.6) is 0 Å². The number of tetrazole rings is 1. The number of hydrogen-bond acceptors (Lipinski definition) is 7. The molecule has 2 N–H and O–H groups in total. The monoisotopic (exact) mass is 581 g/mol. The Morgan fingerprint density at radius 2 is 1.90 bits per heavy atom. The molecule has 2 aromatic heterocycles. The van der Waals surface area contributed by atoms with Gasteiger partial charge in [0.25, 0.3) is 17.6 Å². The van der Waals surface area contributed by atoms with Crippen molar-refractivity contribution in [1.82, 2.24) is 35.3 Å². The minimum atomic E-state index is -4.77. The summed E-state index contributed by atoms with van der Waals surface area (Å²) in [4.78, 5) is 31.5. The highest BCUT2D eigenvalue weighted by Gasteiger charge is 2.37. The molecule has 11 nitrogen and oxygen atoms in total. The number of carbonyl (C=O) groups is 2. The molecule has 204 valence electrons. The molecule has 1 aliphatic heterocycles. The molecule has 3 aromatic rings. The highest BCUT2D eigenvalue weighted by atomic mass is 35.5. The number of nitrogens with zero attached hydrogens (tertiary/aromatic N) is 7. The van der Waals surface area contributed by atoms with Crippen LogP contribution in [0.3, 0.4) is 0 Å². The molecule has 1 atom stereocenters. The average Bonchev–Trinajstić information content (AvgIpc) is 3.37. The van der Waals surface area contributed by atoms with Crippen LogP contribution in [-0.2, 0) is 12.7 Å². The number of rotatable bonds is 7. The minimum Gasteiger partial charge on any atom is -0.349 e. The topological polar surface area (TPSA) is 132 Å². The van der Waals surface area contributed by atoms with Crippen LogP contribution >= 0.6 is 23.2 Å². The van der Waals surface area contributed by atoms with Gasteiger partial charge in [0.05, 0.1) is 22.0 Å². The van der Waals surface area contributed by atoms with Crippen LogP contribution in [0.15, 0.2) is 34.3 Å². The number of dihydropyridines is 1. The van der Waals surface area contributed by atoms with Crippen LogP contribution in [0.2, 0.25) is 5.02 Å². The van der Waals surface area contributed by atoms with Gasteiger partial charge in [-0.2, -0.15) is 23.1 Å². The summed E-state index contributed by atoms with van der Waals surface area (Å²) in [5.41, 5.74) is 1.11. The zero-order valence-corrected chi connectivity index (χ0v) is 21.7. The standard InChI is InChI=1S/C23H20Cl2F3N9O2/c1-11-7-12(24)8-15(20(38)30-13-4-5-13)18(11)31-21(39)17-9-14(10-36-34-22(32-35-36)23(26,27)28)33-37(17)19-16(25)3-2-6-29-19/h3,6-9,13,19H,2,4-5,10H2,1H3,(H,30,38)(H,31,39). The smallest absolute Gasteiger partial charge is 0.349 e. The Balaban J connectivity index is 1.48. The van der Waals surface area contributed by atoms with Crippen molar-refractivity contribution < 1.29 is 22.8 Å². The molecule has 5 rings (SSSR count). The maximum Gasteiger partial charge on any atom is 0.455 e. The van der Waals surface area contributed by atoms with Crippen molar-refractivity contribution in [1.29, 1.82) is 0 Å². The van der Waals surface area contributed by atoms with E-state index in [2.05, 4.69) is 36.1 Å². The first-order chi connectivity index (χ1) is 18.5. The average molecular weight is 582 g/mol. The van der Waals surface area contributed by atoms with Gasteiger partial charge in [0.1, 0.15) is 12.2 Å². The van der Waals surface area contributed by atoms with E-state index in [1.807, 2.05) is 0 Å². The number of nitrogens with one attached hydrogen (secondary N) is 2. The van der Waals surface area contributed by atoms with E-state index in [0.29, 0.717) is 26.8 Å². The van der Waals surface area contributed by atoms with Crippen LogP contribution in [0.1, 0.15) is 63.4 Å². The predicted octanol–water partition coefficient (Wildman–Crippen LogP) is 4.14. The molecule has 0 bridgehead atoms. The number of aromatic nitrogens is 6. The number of hydrogen-bond donors (Lipinski definition) is 2. The maximum absolute atomic E-state index is 13.6. The van der Waals surface area contributed by atoms with E-state index in [9.17, 15) is 22.8 Å². The molecule has 0 spiro atoms. The summed E-state index contributed by atoms with van der Waals surface area (Å²) in [5, 5.41) is 20.4. The van der Waals surface area contributed by atoms with Crippen LogP contribution in [-0.4, -0.2) is 54.1 Å². The highest BCUT2D eigenvalue weighted by molar-refractivity contribution is 6.31. The molecule has 1 fully saturated rings. The first-order valence-corrected chi connectivity index (χ1v) is 12.5. The second-order valence-electron chi connectivity index (χ2n) is 8.98. The normalized spacial score (nSPS) is 17.2. The molecule has 16 heteroatoms. The molecule has 3 heterocycles. The van der Waals surface area contributed by atoms with Crippen molar-refractivity contribution in [3.05, 3.63) is 62.7 Å². The lowest BCUT2D eigenvalue weighted by Gasteiger charge is -2.19. The SMILES string of the molecule is Cc1cc(Cl)cc(C(=O)NC2CC2)c1NC(=O)c1cc(Cn2nnc(C(F)(F)F)n2)nn1C1N=CCC=C1Cl. The van der Waals surface area contributed by atoms with Gasteiger partial charge in [0, 0.05) is 23.7 Å². The Hall–Kier alpha value is -3.78. The first-order valence-electron chi connectivity index (χ1n) is 11.7. The van der Waals surface area contributed by atoms with Gasteiger partial charge in [-0.05, 0) is 48.7 Å². The maximum atomic E-state index is 13.6. The highest BCUT2D eigenvalue weighted by Crippen LogP contribution is 2.31. The number of anilines is 1. The van der Waals surface area contributed by atoms with Gasteiger partial charge in [-0.1, -0.05) is 29.3 Å². The fraction of sp³-hybridized carbons (Fsp3) is 0.348. The lowest BCUT2D eigenvalue weighted by atomic mass is 10.1. The Morgan fingerprint density at radius 3 is 2.56 bits per heavy atom. The van der Waals surface area contributed by atoms with Gasteiger partial charge < -0.3 is 10.6 Å². The van der Waals surface area contributed by atoms with E-state index in [4.69, 9.17) is 23.2 Å². The third-order valence-corrected chi connectivity index (χ3v) is 6.44. The number of benzene rings is 1. The number of alkyl halides is 3. The van der Waals surface area contributed by atoms with Crippen LogP contribution in [0.4, 0.5) is 18.9 Å². The summed E-state index contributed by atoms with van der Waals surface area (Å²) in [5.74, 6) is -2.45. The molecule has 2 amide bonds. The van der Waals surface area contributed by atoms with Gasteiger partial charge in [-0.15, -0.1) is 10.2 Å². The number of aryl methyl sites for hydroxylation is 1. The summed E-state index contributed by atoms with van der Waals surface area (Å²) >= 11 is 12.6. The predicted molar refractivity (Wildman–Crippen MR) is 135 cm³/mol. The fourth-order valence-electron chi connectivity index (χ4n) is 3.89. The lowest BCUT2D eigenvalue weighted by Crippen LogP contribution is -2.28. The van der Waals surface area contributed by atoms with Gasteiger partial charge >= 0.3 is 6.18 Å². The molecule has 1 unspecified atom stereocenters. The third-order valence-electron chi connectivity index (χ3n) is 5.87. The van der Waals surface area contributed by atoms with Crippen molar-refractivity contribution in [2.24, 2.45) is 4.99 Å². The summed E-state index contributed by atoms with van der Waals surface area (Å²) < 4.78 is 40.0. The van der Waals surface area contributed by atoms with Crippen molar-refractivity contribution in [2.45, 2.75) is 51.1 Å². The molecule has 1 aliphatic carbocycles. The number of carbonyl (C=O) groups excluding carboxylic acids is 2. The summed E-state index contributed by atoms with van der Waals surface area (Å²) in [6, 6.07) is 4.50. The molecule has 0 radical (unpaired) electrons. The van der Waals surface area contributed by atoms with E-state index in [0.717, 1.165) is 12.8 Å². The summed E-state index contributed by atoms with van der Waals surface area (Å²) in [6.07, 6.45) is -0.131. The first kappa shape index (κ1) is 26.8. The molecular weight excluding hydrogens is 562 g/mol. The van der Waals surface area contributed by atoms with E-state index in [1.54, 1.807) is 25.3 Å². The number of amides is 2. The van der Waals surface area contributed by atoms with E-state index >= 15 is 0 Å². The lowest BCUT2D eigenvalue weighted by molar-refractivity contribution is -0.145. The van der Waals surface area contributed by atoms with E-state index in [-0.39, 0.29) is 41.1 Å².